The van der Waals surface area contributed by atoms with Crippen molar-refractivity contribution < 1.29 is 9.47 Å². The molecule has 2 unspecified atom stereocenters. The molecule has 3 nitrogen and oxygen atoms in total. The van der Waals surface area contributed by atoms with Gasteiger partial charge >= 0.3 is 0 Å². The molecule has 2 atom stereocenters. The molecule has 0 radical (unpaired) electrons. The summed E-state index contributed by atoms with van der Waals surface area (Å²) < 4.78 is 11.6. The van der Waals surface area contributed by atoms with Gasteiger partial charge in [0.25, 0.3) is 0 Å². The van der Waals surface area contributed by atoms with Crippen LogP contribution in [0.15, 0.2) is 24.3 Å². The Morgan fingerprint density at radius 1 is 1.32 bits per heavy atom. The molecule has 0 amide bonds. The Bertz CT molecular complexity index is 400. The molecule has 19 heavy (non-hydrogen) atoms. The third-order valence-electron chi connectivity index (χ3n) is 3.38. The van der Waals surface area contributed by atoms with E-state index in [9.17, 15) is 0 Å². The predicted octanol–water partition coefficient (Wildman–Crippen LogP) is 3.30. The molecule has 1 aromatic carbocycles. The van der Waals surface area contributed by atoms with Crippen molar-refractivity contribution in [3.05, 3.63) is 29.8 Å². The Morgan fingerprint density at radius 3 is 2.58 bits per heavy atom. The average Bonchev–Trinajstić information content (AvgIpc) is 2.36. The normalized spacial score (nSPS) is 26.1. The zero-order valence-corrected chi connectivity index (χ0v) is 12.4. The van der Waals surface area contributed by atoms with E-state index in [1.807, 2.05) is 12.1 Å². The van der Waals surface area contributed by atoms with Crippen LogP contribution in [0.3, 0.4) is 0 Å². The van der Waals surface area contributed by atoms with E-state index in [-0.39, 0.29) is 11.6 Å². The largest absolute Gasteiger partial charge is 0.494 e. The number of benzene rings is 1. The Hall–Kier alpha value is -1.06. The SMILES string of the molecule is CCCOc1ccc(C2OCC(C)(C)NC2C)cc1. The van der Waals surface area contributed by atoms with Gasteiger partial charge in [0.05, 0.1) is 19.3 Å². The highest BCUT2D eigenvalue weighted by Gasteiger charge is 2.33. The first kappa shape index (κ1) is 14.4. The van der Waals surface area contributed by atoms with E-state index < -0.39 is 0 Å². The van der Waals surface area contributed by atoms with Crippen LogP contribution in [0.2, 0.25) is 0 Å². The lowest BCUT2D eigenvalue weighted by Crippen LogP contribution is -2.55. The van der Waals surface area contributed by atoms with E-state index in [0.717, 1.165) is 25.4 Å². The number of hydrogen-bond donors (Lipinski definition) is 1. The third kappa shape index (κ3) is 3.71. The summed E-state index contributed by atoms with van der Waals surface area (Å²) in [5.41, 5.74) is 1.26. The van der Waals surface area contributed by atoms with Gasteiger partial charge in [0.2, 0.25) is 0 Å². The maximum absolute atomic E-state index is 6.01. The van der Waals surface area contributed by atoms with Gasteiger partial charge in [-0.25, -0.2) is 0 Å². The van der Waals surface area contributed by atoms with Crippen LogP contribution in [0.5, 0.6) is 5.75 Å². The monoisotopic (exact) mass is 263 g/mol. The van der Waals surface area contributed by atoms with Crippen molar-refractivity contribution in [2.75, 3.05) is 13.2 Å². The van der Waals surface area contributed by atoms with E-state index in [1.54, 1.807) is 0 Å². The van der Waals surface area contributed by atoms with Gasteiger partial charge in [0.1, 0.15) is 5.75 Å². The number of ether oxygens (including phenoxy) is 2. The Morgan fingerprint density at radius 2 is 2.00 bits per heavy atom. The lowest BCUT2D eigenvalue weighted by Gasteiger charge is -2.41. The highest BCUT2D eigenvalue weighted by molar-refractivity contribution is 5.29. The maximum Gasteiger partial charge on any atom is 0.119 e. The Balaban J connectivity index is 2.02. The molecule has 1 aromatic rings. The first-order chi connectivity index (χ1) is 9.02. The van der Waals surface area contributed by atoms with Gasteiger partial charge in [0, 0.05) is 11.6 Å². The molecule has 0 bridgehead atoms. The molecule has 106 valence electrons. The van der Waals surface area contributed by atoms with Gasteiger partial charge in [-0.05, 0) is 44.9 Å². The molecule has 1 aliphatic heterocycles. The molecule has 1 aliphatic rings. The second-order valence-corrected chi connectivity index (χ2v) is 5.97. The summed E-state index contributed by atoms with van der Waals surface area (Å²) >= 11 is 0. The van der Waals surface area contributed by atoms with E-state index >= 15 is 0 Å². The van der Waals surface area contributed by atoms with Crippen molar-refractivity contribution in [2.24, 2.45) is 0 Å². The predicted molar refractivity (Wildman–Crippen MR) is 77.6 cm³/mol. The van der Waals surface area contributed by atoms with Crippen LogP contribution in [0.4, 0.5) is 0 Å². The lowest BCUT2D eigenvalue weighted by molar-refractivity contribution is -0.0495. The number of rotatable bonds is 4. The fourth-order valence-corrected chi connectivity index (χ4v) is 2.53. The van der Waals surface area contributed by atoms with Gasteiger partial charge in [-0.2, -0.15) is 0 Å². The fraction of sp³-hybridized carbons (Fsp3) is 0.625. The van der Waals surface area contributed by atoms with E-state index in [2.05, 4.69) is 45.1 Å². The zero-order chi connectivity index (χ0) is 13.9. The summed E-state index contributed by atoms with van der Waals surface area (Å²) in [4.78, 5) is 0. The van der Waals surface area contributed by atoms with Gasteiger partial charge in [0.15, 0.2) is 0 Å². The summed E-state index contributed by atoms with van der Waals surface area (Å²) in [6.45, 7) is 10.1. The van der Waals surface area contributed by atoms with Crippen LogP contribution in [-0.4, -0.2) is 24.8 Å². The van der Waals surface area contributed by atoms with Crippen LogP contribution in [0.25, 0.3) is 0 Å². The van der Waals surface area contributed by atoms with Crippen LogP contribution >= 0.6 is 0 Å². The molecule has 1 fully saturated rings. The molecule has 0 aliphatic carbocycles. The topological polar surface area (TPSA) is 30.5 Å². The Labute approximate surface area is 116 Å². The highest BCUT2D eigenvalue weighted by Crippen LogP contribution is 2.29. The van der Waals surface area contributed by atoms with Crippen LogP contribution in [-0.2, 0) is 4.74 Å². The van der Waals surface area contributed by atoms with Gasteiger partial charge in [-0.15, -0.1) is 0 Å². The van der Waals surface area contributed by atoms with Gasteiger partial charge < -0.3 is 14.8 Å². The second-order valence-electron chi connectivity index (χ2n) is 5.97. The minimum Gasteiger partial charge on any atom is -0.494 e. The van der Waals surface area contributed by atoms with E-state index in [4.69, 9.17) is 9.47 Å². The number of hydrogen-bond acceptors (Lipinski definition) is 3. The summed E-state index contributed by atoms with van der Waals surface area (Å²) in [5, 5.41) is 3.60. The van der Waals surface area contributed by atoms with Gasteiger partial charge in [-0.3, -0.25) is 0 Å². The molecular formula is C16H25NO2. The van der Waals surface area contributed by atoms with Crippen molar-refractivity contribution in [1.82, 2.24) is 5.32 Å². The zero-order valence-electron chi connectivity index (χ0n) is 12.4. The van der Waals surface area contributed by atoms with Crippen molar-refractivity contribution in [2.45, 2.75) is 51.8 Å². The first-order valence-electron chi connectivity index (χ1n) is 7.14. The van der Waals surface area contributed by atoms with Crippen molar-refractivity contribution >= 4 is 0 Å². The minimum absolute atomic E-state index is 0.0556. The molecule has 0 spiro atoms. The molecule has 2 rings (SSSR count). The summed E-state index contributed by atoms with van der Waals surface area (Å²) in [6.07, 6.45) is 1.15. The summed E-state index contributed by atoms with van der Waals surface area (Å²) in [5.74, 6) is 0.933. The number of nitrogens with one attached hydrogen (secondary N) is 1. The quantitative estimate of drug-likeness (QED) is 0.904. The summed E-state index contributed by atoms with van der Waals surface area (Å²) in [6, 6.07) is 8.58. The van der Waals surface area contributed by atoms with E-state index in [1.165, 1.54) is 5.56 Å². The van der Waals surface area contributed by atoms with Gasteiger partial charge in [-0.1, -0.05) is 19.1 Å². The summed E-state index contributed by atoms with van der Waals surface area (Å²) in [7, 11) is 0. The molecule has 1 heterocycles. The average molecular weight is 263 g/mol. The smallest absolute Gasteiger partial charge is 0.119 e. The molecule has 3 heteroatoms. The second kappa shape index (κ2) is 5.93. The first-order valence-corrected chi connectivity index (χ1v) is 7.14. The lowest BCUT2D eigenvalue weighted by atomic mass is 9.96. The molecular weight excluding hydrogens is 238 g/mol. The minimum atomic E-state index is 0.0556. The van der Waals surface area contributed by atoms with Crippen molar-refractivity contribution in [3.63, 3.8) is 0 Å². The number of morpholine rings is 1. The van der Waals surface area contributed by atoms with Crippen LogP contribution in [0.1, 0.15) is 45.8 Å². The third-order valence-corrected chi connectivity index (χ3v) is 3.38. The fourth-order valence-electron chi connectivity index (χ4n) is 2.53. The highest BCUT2D eigenvalue weighted by atomic mass is 16.5. The van der Waals surface area contributed by atoms with Crippen molar-refractivity contribution in [3.8, 4) is 5.75 Å². The Kier molecular flexibility index (Phi) is 4.48. The van der Waals surface area contributed by atoms with Crippen molar-refractivity contribution in [1.29, 1.82) is 0 Å². The molecule has 0 saturated carbocycles. The van der Waals surface area contributed by atoms with Crippen LogP contribution < -0.4 is 10.1 Å². The standard InChI is InChI=1S/C16H25NO2/c1-5-10-18-14-8-6-13(7-9-14)15-12(2)17-16(3,4)11-19-15/h6-9,12,15,17H,5,10-11H2,1-4H3. The molecule has 1 N–H and O–H groups in total. The van der Waals surface area contributed by atoms with Crippen LogP contribution in [0, 0.1) is 0 Å². The van der Waals surface area contributed by atoms with E-state index in [0.29, 0.717) is 6.04 Å². The molecule has 0 aromatic heterocycles. The maximum atomic E-state index is 6.01. The molecule has 1 saturated heterocycles.